The smallest absolute Gasteiger partial charge is 0.115 e. The molecule has 10 unspecified atom stereocenters. The van der Waals surface area contributed by atoms with Crippen LogP contribution in [0.25, 0.3) is 0 Å². The predicted molar refractivity (Wildman–Crippen MR) is 225 cm³/mol. The van der Waals surface area contributed by atoms with Crippen molar-refractivity contribution in [2.45, 2.75) is 113 Å². The first-order chi connectivity index (χ1) is 29.7. The molecule has 6 aromatic rings. The Labute approximate surface area is 352 Å². The van der Waals surface area contributed by atoms with Gasteiger partial charge in [0, 0.05) is 74.4 Å². The molecular formula is C48H54N12. The molecule has 0 N–H and O–H groups in total. The summed E-state index contributed by atoms with van der Waals surface area (Å²) in [4.78, 5) is 54.0. The molecule has 4 fully saturated rings. The van der Waals surface area contributed by atoms with Crippen LogP contribution in [0.3, 0.4) is 0 Å². The van der Waals surface area contributed by atoms with Crippen LogP contribution in [0.1, 0.15) is 146 Å². The normalized spacial score (nSPS) is 32.2. The van der Waals surface area contributed by atoms with E-state index in [0.717, 1.165) is 38.5 Å². The third-order valence-corrected chi connectivity index (χ3v) is 15.4. The number of hydrogen-bond donors (Lipinski definition) is 0. The highest BCUT2D eigenvalue weighted by Gasteiger charge is 2.45. The Balaban J connectivity index is 0.977. The van der Waals surface area contributed by atoms with Crippen molar-refractivity contribution < 1.29 is 0 Å². The van der Waals surface area contributed by atoms with Crippen LogP contribution in [0.5, 0.6) is 0 Å². The van der Waals surface area contributed by atoms with Gasteiger partial charge in [-0.25, -0.2) is 59.8 Å². The molecule has 6 aromatic heterocycles. The molecule has 0 aromatic carbocycles. The fourth-order valence-corrected chi connectivity index (χ4v) is 12.6. The van der Waals surface area contributed by atoms with Crippen LogP contribution in [0.4, 0.5) is 0 Å². The number of nitrogens with zero attached hydrogens (tertiary/aromatic N) is 12. The third kappa shape index (κ3) is 8.69. The minimum Gasteiger partial charge on any atom is -0.245 e. The van der Waals surface area contributed by atoms with Crippen LogP contribution >= 0.6 is 0 Å². The van der Waals surface area contributed by atoms with E-state index < -0.39 is 0 Å². The Morgan fingerprint density at radius 3 is 0.533 bits per heavy atom. The maximum absolute atomic E-state index is 4.56. The van der Waals surface area contributed by atoms with Gasteiger partial charge in [-0.1, -0.05) is 0 Å². The minimum absolute atomic E-state index is 0.396. The topological polar surface area (TPSA) is 155 Å². The summed E-state index contributed by atoms with van der Waals surface area (Å²) >= 11 is 0. The number of aromatic nitrogens is 12. The van der Waals surface area contributed by atoms with Gasteiger partial charge in [-0.2, -0.15) is 0 Å². The second-order valence-electron chi connectivity index (χ2n) is 18.6. The Morgan fingerprint density at radius 1 is 0.200 bits per heavy atom. The molecule has 10 atom stereocenters. The number of rotatable bonds is 9. The average Bonchev–Trinajstić information content (AvgIpc) is 3.35. The van der Waals surface area contributed by atoms with Crippen molar-refractivity contribution in [2.24, 2.45) is 35.5 Å². The summed E-state index contributed by atoms with van der Waals surface area (Å²) in [5.41, 5.74) is 7.58. The van der Waals surface area contributed by atoms with E-state index >= 15 is 0 Å². The van der Waals surface area contributed by atoms with Crippen molar-refractivity contribution in [3.8, 4) is 0 Å². The quantitative estimate of drug-likeness (QED) is 0.137. The minimum atomic E-state index is 0.396. The first-order valence-electron chi connectivity index (χ1n) is 22.2. The van der Waals surface area contributed by atoms with Gasteiger partial charge >= 0.3 is 0 Å². The summed E-state index contributed by atoms with van der Waals surface area (Å²) in [5, 5.41) is 0. The molecule has 10 rings (SSSR count). The molecular weight excluding hydrogens is 745 g/mol. The zero-order chi connectivity index (χ0) is 40.1. The van der Waals surface area contributed by atoms with Gasteiger partial charge in [0.2, 0.25) is 0 Å². The van der Waals surface area contributed by atoms with Gasteiger partial charge in [0.1, 0.15) is 38.0 Å². The van der Waals surface area contributed by atoms with Gasteiger partial charge in [-0.05, 0) is 181 Å². The molecule has 0 bridgehead atoms. The van der Waals surface area contributed by atoms with Gasteiger partial charge in [0.25, 0.3) is 0 Å². The molecule has 0 saturated heterocycles. The van der Waals surface area contributed by atoms with E-state index in [9.17, 15) is 0 Å². The Bertz CT molecular complexity index is 1970. The van der Waals surface area contributed by atoms with Crippen LogP contribution in [0.2, 0.25) is 0 Å². The van der Waals surface area contributed by atoms with E-state index in [2.05, 4.69) is 84.6 Å². The highest BCUT2D eigenvalue weighted by atomic mass is 14.8. The summed E-state index contributed by atoms with van der Waals surface area (Å²) < 4.78 is 0. The maximum Gasteiger partial charge on any atom is 0.115 e. The van der Waals surface area contributed by atoms with Crippen molar-refractivity contribution in [3.05, 3.63) is 146 Å². The second-order valence-corrected chi connectivity index (χ2v) is 18.6. The van der Waals surface area contributed by atoms with Crippen molar-refractivity contribution in [1.29, 1.82) is 0 Å². The average molecular weight is 799 g/mol. The first-order valence-corrected chi connectivity index (χ1v) is 22.2. The highest BCUT2D eigenvalue weighted by Crippen LogP contribution is 2.57. The van der Waals surface area contributed by atoms with Crippen molar-refractivity contribution in [1.82, 2.24) is 59.8 Å². The summed E-state index contributed by atoms with van der Waals surface area (Å²) in [6.07, 6.45) is 48.6. The first kappa shape index (κ1) is 38.7. The van der Waals surface area contributed by atoms with E-state index in [0.29, 0.717) is 71.0 Å². The number of hydrogen-bond acceptors (Lipinski definition) is 12. The second kappa shape index (κ2) is 18.0. The van der Waals surface area contributed by atoms with Crippen molar-refractivity contribution in [3.63, 3.8) is 0 Å². The van der Waals surface area contributed by atoms with Crippen LogP contribution < -0.4 is 0 Å². The van der Waals surface area contributed by atoms with Crippen LogP contribution in [-0.4, -0.2) is 59.8 Å². The molecule has 6 heterocycles. The lowest BCUT2D eigenvalue weighted by molar-refractivity contribution is 0.0531. The fraction of sp³-hybridized carbons (Fsp3) is 0.500. The van der Waals surface area contributed by atoms with E-state index in [-0.39, 0.29) is 0 Å². The van der Waals surface area contributed by atoms with Crippen molar-refractivity contribution >= 4 is 0 Å². The van der Waals surface area contributed by atoms with Crippen molar-refractivity contribution in [2.75, 3.05) is 0 Å². The summed E-state index contributed by atoms with van der Waals surface area (Å²) in [5.74, 6) is 5.87. The van der Waals surface area contributed by atoms with E-state index in [1.54, 1.807) is 38.0 Å². The SMILES string of the molecule is c1ncc(C2CC(c3cncnc3)CC(C3CC(c4cncnc4)CC(C4CC(c5cncnc5)CC(C5CC(c6cncnc6)CC(c6cncnc6)C5)C4)C3)C2)cn1. The fourth-order valence-electron chi connectivity index (χ4n) is 12.6. The monoisotopic (exact) mass is 798 g/mol. The zero-order valence-corrected chi connectivity index (χ0v) is 34.2. The van der Waals surface area contributed by atoms with Gasteiger partial charge in [0.15, 0.2) is 0 Å². The molecule has 0 aliphatic heterocycles. The summed E-state index contributed by atoms with van der Waals surface area (Å²) in [6.45, 7) is 0. The van der Waals surface area contributed by atoms with Gasteiger partial charge in [-0.3, -0.25) is 0 Å². The lowest BCUT2D eigenvalue weighted by Gasteiger charge is -2.49. The zero-order valence-electron chi connectivity index (χ0n) is 34.2. The van der Waals surface area contributed by atoms with E-state index in [1.165, 1.54) is 71.9 Å². The van der Waals surface area contributed by atoms with Crippen LogP contribution in [-0.2, 0) is 0 Å². The van der Waals surface area contributed by atoms with Gasteiger partial charge in [0.05, 0.1) is 0 Å². The summed E-state index contributed by atoms with van der Waals surface area (Å²) in [6, 6.07) is 0. The van der Waals surface area contributed by atoms with Crippen LogP contribution in [0.15, 0.2) is 112 Å². The molecule has 0 radical (unpaired) electrons. The third-order valence-electron chi connectivity index (χ3n) is 15.4. The summed E-state index contributed by atoms with van der Waals surface area (Å²) in [7, 11) is 0. The molecule has 4 aliphatic carbocycles. The Kier molecular flexibility index (Phi) is 11.6. The molecule has 60 heavy (non-hydrogen) atoms. The molecule has 12 heteroatoms. The van der Waals surface area contributed by atoms with Gasteiger partial charge < -0.3 is 0 Å². The van der Waals surface area contributed by atoms with E-state index in [4.69, 9.17) is 0 Å². The lowest BCUT2D eigenvalue weighted by atomic mass is 9.56. The largest absolute Gasteiger partial charge is 0.245 e. The maximum atomic E-state index is 4.56. The Hall–Kier alpha value is -5.52. The predicted octanol–water partition coefficient (Wildman–Crippen LogP) is 8.86. The Morgan fingerprint density at radius 2 is 0.350 bits per heavy atom. The molecule has 4 aliphatic rings. The molecule has 0 amide bonds. The van der Waals surface area contributed by atoms with Gasteiger partial charge in [-0.15, -0.1) is 0 Å². The van der Waals surface area contributed by atoms with E-state index in [1.807, 2.05) is 49.6 Å². The molecule has 4 saturated carbocycles. The molecule has 0 spiro atoms. The highest BCUT2D eigenvalue weighted by molar-refractivity contribution is 5.22. The van der Waals surface area contributed by atoms with Crippen LogP contribution in [0, 0.1) is 35.5 Å². The lowest BCUT2D eigenvalue weighted by Crippen LogP contribution is -2.38. The molecule has 306 valence electrons. The molecule has 12 nitrogen and oxygen atoms in total. The standard InChI is InChI=1S/C48H54N12/c1-31(3-37(43-13-49-25-50-14-43)5-33(1)35-7-39(45-17-53-27-54-18-45)11-40(8-35)46-19-55-28-56-20-46)32-2-34(6-38(4-32)44-15-51-26-52-16-44)36-9-41(47-21-57-29-58-22-47)12-42(10-36)48-23-59-30-60-24-48/h13-42H,1-12H2.